The van der Waals surface area contributed by atoms with Crippen molar-refractivity contribution in [3.63, 3.8) is 0 Å². The van der Waals surface area contributed by atoms with E-state index in [2.05, 4.69) is 22.9 Å². The summed E-state index contributed by atoms with van der Waals surface area (Å²) in [6.07, 6.45) is 7.24. The largest absolute Gasteiger partial charge is 0.477 e. The van der Waals surface area contributed by atoms with E-state index in [1.807, 2.05) is 6.20 Å². The topological polar surface area (TPSA) is 25.4 Å². The van der Waals surface area contributed by atoms with Crippen molar-refractivity contribution in [2.45, 2.75) is 26.2 Å². The number of ether oxygens (including phenoxy) is 1. The molecule has 0 bridgehead atoms. The van der Waals surface area contributed by atoms with Crippen molar-refractivity contribution >= 4 is 12.4 Å². The van der Waals surface area contributed by atoms with Gasteiger partial charge in [0.15, 0.2) is 0 Å². The number of aromatic nitrogens is 1. The van der Waals surface area contributed by atoms with Crippen molar-refractivity contribution in [1.29, 1.82) is 0 Å². The lowest BCUT2D eigenvalue weighted by molar-refractivity contribution is 0.0728. The van der Waals surface area contributed by atoms with Crippen LogP contribution in [0.25, 0.3) is 0 Å². The van der Waals surface area contributed by atoms with Crippen LogP contribution in [0.2, 0.25) is 0 Å². The molecule has 1 saturated heterocycles. The smallest absolute Gasteiger partial charge is 0.142 e. The van der Waals surface area contributed by atoms with Gasteiger partial charge < -0.3 is 4.74 Å². The second-order valence-electron chi connectivity index (χ2n) is 4.02. The van der Waals surface area contributed by atoms with Crippen molar-refractivity contribution in [3.05, 3.63) is 24.0 Å². The van der Waals surface area contributed by atoms with Crippen LogP contribution in [0.3, 0.4) is 0 Å². The monoisotopic (exact) mass is 242 g/mol. The Morgan fingerprint density at radius 3 is 2.81 bits per heavy atom. The third-order valence-corrected chi connectivity index (χ3v) is 2.67. The Hall–Kier alpha value is -0.800. The van der Waals surface area contributed by atoms with Gasteiger partial charge in [0.2, 0.25) is 0 Å². The zero-order chi connectivity index (χ0) is 10.5. The standard InChI is InChI=1S/C12H18N2O.ClH/c1-2-4-11-7-12(9-13-8-11)15-10-14-5-3-6-14;/h7-9H,2-6,10H2,1H3;1H. The van der Waals surface area contributed by atoms with Crippen LogP contribution in [-0.4, -0.2) is 29.7 Å². The molecule has 0 unspecified atom stereocenters. The van der Waals surface area contributed by atoms with E-state index in [0.717, 1.165) is 18.6 Å². The molecular formula is C12H19ClN2O. The number of nitrogens with zero attached hydrogens (tertiary/aromatic N) is 2. The lowest BCUT2D eigenvalue weighted by Gasteiger charge is -2.30. The average Bonchev–Trinajstić information content (AvgIpc) is 2.16. The summed E-state index contributed by atoms with van der Waals surface area (Å²) in [6.45, 7) is 5.22. The summed E-state index contributed by atoms with van der Waals surface area (Å²) in [5, 5.41) is 0. The Labute approximate surface area is 103 Å². The highest BCUT2D eigenvalue weighted by molar-refractivity contribution is 5.85. The van der Waals surface area contributed by atoms with Crippen molar-refractivity contribution in [2.75, 3.05) is 19.8 Å². The molecule has 90 valence electrons. The van der Waals surface area contributed by atoms with Crippen LogP contribution in [0.4, 0.5) is 0 Å². The predicted octanol–water partition coefficient (Wildman–Crippen LogP) is 2.50. The number of aryl methyl sites for hydroxylation is 1. The SMILES string of the molecule is CCCc1cncc(OCN2CCC2)c1.Cl. The molecule has 0 spiro atoms. The maximum atomic E-state index is 5.66. The Morgan fingerprint density at radius 2 is 2.19 bits per heavy atom. The van der Waals surface area contributed by atoms with Gasteiger partial charge in [-0.05, 0) is 24.5 Å². The molecule has 0 N–H and O–H groups in total. The zero-order valence-corrected chi connectivity index (χ0v) is 10.5. The molecule has 2 heterocycles. The second kappa shape index (κ2) is 6.71. The fourth-order valence-corrected chi connectivity index (χ4v) is 1.64. The van der Waals surface area contributed by atoms with Crippen molar-refractivity contribution in [2.24, 2.45) is 0 Å². The van der Waals surface area contributed by atoms with Crippen LogP contribution in [0.15, 0.2) is 18.5 Å². The Kier molecular flexibility index (Phi) is 5.56. The third-order valence-electron chi connectivity index (χ3n) is 2.67. The second-order valence-corrected chi connectivity index (χ2v) is 4.02. The van der Waals surface area contributed by atoms with E-state index in [1.54, 1.807) is 6.20 Å². The first-order valence-electron chi connectivity index (χ1n) is 5.67. The Balaban J connectivity index is 0.00000128. The van der Waals surface area contributed by atoms with Crippen LogP contribution in [-0.2, 0) is 6.42 Å². The van der Waals surface area contributed by atoms with Gasteiger partial charge in [-0.15, -0.1) is 12.4 Å². The maximum absolute atomic E-state index is 5.66. The average molecular weight is 243 g/mol. The van der Waals surface area contributed by atoms with Crippen molar-refractivity contribution in [3.8, 4) is 5.75 Å². The lowest BCUT2D eigenvalue weighted by atomic mass is 10.2. The van der Waals surface area contributed by atoms with Gasteiger partial charge in [-0.2, -0.15) is 0 Å². The first-order chi connectivity index (χ1) is 7.38. The molecular weight excluding hydrogens is 224 g/mol. The summed E-state index contributed by atoms with van der Waals surface area (Å²) in [7, 11) is 0. The minimum atomic E-state index is 0. The van der Waals surface area contributed by atoms with E-state index in [-0.39, 0.29) is 12.4 Å². The first-order valence-corrected chi connectivity index (χ1v) is 5.67. The third kappa shape index (κ3) is 3.65. The number of pyridine rings is 1. The minimum absolute atomic E-state index is 0. The highest BCUT2D eigenvalue weighted by atomic mass is 35.5. The van der Waals surface area contributed by atoms with Gasteiger partial charge in [-0.3, -0.25) is 9.88 Å². The van der Waals surface area contributed by atoms with E-state index in [1.165, 1.54) is 25.1 Å². The normalized spacial score (nSPS) is 15.1. The van der Waals surface area contributed by atoms with Crippen LogP contribution in [0.5, 0.6) is 5.75 Å². The predicted molar refractivity (Wildman–Crippen MR) is 67.2 cm³/mol. The summed E-state index contributed by atoms with van der Waals surface area (Å²) in [5.41, 5.74) is 1.26. The number of halogens is 1. The van der Waals surface area contributed by atoms with Gasteiger partial charge in [0, 0.05) is 19.3 Å². The number of hydrogen-bond donors (Lipinski definition) is 0. The summed E-state index contributed by atoms with van der Waals surface area (Å²) < 4.78 is 5.66. The molecule has 1 aliphatic heterocycles. The van der Waals surface area contributed by atoms with E-state index in [0.29, 0.717) is 6.73 Å². The molecule has 0 aliphatic carbocycles. The highest BCUT2D eigenvalue weighted by Crippen LogP contribution is 2.14. The molecule has 1 fully saturated rings. The van der Waals surface area contributed by atoms with Gasteiger partial charge in [-0.1, -0.05) is 13.3 Å². The highest BCUT2D eigenvalue weighted by Gasteiger charge is 2.13. The molecule has 2 rings (SSSR count). The lowest BCUT2D eigenvalue weighted by Crippen LogP contribution is -2.39. The van der Waals surface area contributed by atoms with E-state index < -0.39 is 0 Å². The summed E-state index contributed by atoms with van der Waals surface area (Å²) in [4.78, 5) is 6.47. The summed E-state index contributed by atoms with van der Waals surface area (Å²) in [5.74, 6) is 0.896. The molecule has 4 heteroatoms. The van der Waals surface area contributed by atoms with Crippen LogP contribution >= 0.6 is 12.4 Å². The molecule has 0 aromatic carbocycles. The quantitative estimate of drug-likeness (QED) is 0.793. The molecule has 0 radical (unpaired) electrons. The van der Waals surface area contributed by atoms with Crippen molar-refractivity contribution in [1.82, 2.24) is 9.88 Å². The Morgan fingerprint density at radius 1 is 1.38 bits per heavy atom. The molecule has 0 atom stereocenters. The number of rotatable bonds is 5. The minimum Gasteiger partial charge on any atom is -0.477 e. The molecule has 1 aliphatic rings. The molecule has 1 aromatic rings. The fourth-order valence-electron chi connectivity index (χ4n) is 1.64. The van der Waals surface area contributed by atoms with Gasteiger partial charge in [0.05, 0.1) is 6.20 Å². The zero-order valence-electron chi connectivity index (χ0n) is 9.69. The molecule has 3 nitrogen and oxygen atoms in total. The molecule has 0 amide bonds. The van der Waals surface area contributed by atoms with Crippen molar-refractivity contribution < 1.29 is 4.74 Å². The number of likely N-dealkylation sites (tertiary alicyclic amines) is 1. The van der Waals surface area contributed by atoms with E-state index in [9.17, 15) is 0 Å². The van der Waals surface area contributed by atoms with E-state index in [4.69, 9.17) is 4.74 Å². The van der Waals surface area contributed by atoms with E-state index >= 15 is 0 Å². The number of hydrogen-bond acceptors (Lipinski definition) is 3. The fraction of sp³-hybridized carbons (Fsp3) is 0.583. The van der Waals surface area contributed by atoms with Crippen LogP contribution in [0.1, 0.15) is 25.3 Å². The van der Waals surface area contributed by atoms with Crippen LogP contribution < -0.4 is 4.74 Å². The van der Waals surface area contributed by atoms with Gasteiger partial charge in [0.25, 0.3) is 0 Å². The maximum Gasteiger partial charge on any atom is 0.142 e. The Bertz CT molecular complexity index is 316. The molecule has 1 aromatic heterocycles. The van der Waals surface area contributed by atoms with Gasteiger partial charge >= 0.3 is 0 Å². The molecule has 0 saturated carbocycles. The first kappa shape index (κ1) is 13.3. The summed E-state index contributed by atoms with van der Waals surface area (Å²) in [6, 6.07) is 2.09. The van der Waals surface area contributed by atoms with Crippen LogP contribution in [0, 0.1) is 0 Å². The molecule has 16 heavy (non-hydrogen) atoms. The summed E-state index contributed by atoms with van der Waals surface area (Å²) >= 11 is 0. The van der Waals surface area contributed by atoms with Gasteiger partial charge in [0.1, 0.15) is 12.5 Å². The van der Waals surface area contributed by atoms with Gasteiger partial charge in [-0.25, -0.2) is 0 Å².